The molecule has 3 N–H and O–H groups in total. The summed E-state index contributed by atoms with van der Waals surface area (Å²) >= 11 is 6.58. The van der Waals surface area contributed by atoms with Crippen molar-refractivity contribution in [3.63, 3.8) is 0 Å². The summed E-state index contributed by atoms with van der Waals surface area (Å²) in [5.74, 6) is -1.85. The van der Waals surface area contributed by atoms with Crippen LogP contribution in [0.25, 0.3) is 16.8 Å². The Bertz CT molecular complexity index is 1650. The third-order valence-electron chi connectivity index (χ3n) is 7.94. The predicted molar refractivity (Wildman–Crippen MR) is 140 cm³/mol. The molecule has 0 bridgehead atoms. The summed E-state index contributed by atoms with van der Waals surface area (Å²) in [7, 11) is 0. The summed E-state index contributed by atoms with van der Waals surface area (Å²) < 4.78 is 45.8. The number of imidazole rings is 1. The first-order chi connectivity index (χ1) is 18.9. The minimum atomic E-state index is -0.890. The van der Waals surface area contributed by atoms with Crippen molar-refractivity contribution < 1.29 is 23.0 Å². The minimum absolute atomic E-state index is 0.0227. The normalized spacial score (nSPS) is 21.1. The Labute approximate surface area is 227 Å². The van der Waals surface area contributed by atoms with Crippen LogP contribution in [0.2, 0.25) is 5.02 Å². The molecule has 0 aliphatic carbocycles. The molecule has 0 radical (unpaired) electrons. The van der Waals surface area contributed by atoms with Crippen molar-refractivity contribution in [2.75, 3.05) is 6.54 Å². The number of aromatic nitrogens is 2. The molecule has 7 rings (SSSR count). The van der Waals surface area contributed by atoms with E-state index in [2.05, 4.69) is 10.3 Å². The molecule has 7 nitrogen and oxygen atoms in total. The predicted octanol–water partition coefficient (Wildman–Crippen LogP) is 5.04. The van der Waals surface area contributed by atoms with Crippen LogP contribution in [0.1, 0.15) is 40.2 Å². The van der Waals surface area contributed by atoms with E-state index in [-0.39, 0.29) is 58.0 Å². The van der Waals surface area contributed by atoms with E-state index in [0.717, 1.165) is 24.9 Å². The van der Waals surface area contributed by atoms with E-state index in [4.69, 9.17) is 26.8 Å². The number of amides is 1. The minimum Gasteiger partial charge on any atom is -0.480 e. The van der Waals surface area contributed by atoms with E-state index in [1.807, 2.05) is 30.3 Å². The zero-order valence-electron chi connectivity index (χ0n) is 20.6. The number of carbonyl (C=O) groups is 1. The SMILES string of the molecule is NC(=O)c1cc2c(c(F)c1-c1c(Cl)c(F)cc3c1C[C@](c1ccccc1)([C@@H]1CCCN1)O3)OCc1nccn1-2. The number of carbonyl (C=O) groups excluding carboxylic acids is 1. The molecular formula is C29H23ClF2N4O3. The van der Waals surface area contributed by atoms with Gasteiger partial charge in [-0.25, -0.2) is 13.8 Å². The van der Waals surface area contributed by atoms with Crippen LogP contribution in [0.4, 0.5) is 8.78 Å². The second-order valence-electron chi connectivity index (χ2n) is 10.0. The Morgan fingerprint density at radius 1 is 1.21 bits per heavy atom. The first-order valence-electron chi connectivity index (χ1n) is 12.7. The lowest BCUT2D eigenvalue weighted by Crippen LogP contribution is -2.48. The lowest BCUT2D eigenvalue weighted by Gasteiger charge is -2.35. The third kappa shape index (κ3) is 3.49. The maximum atomic E-state index is 16.5. The number of nitrogens with one attached hydrogen (secondary N) is 1. The van der Waals surface area contributed by atoms with Gasteiger partial charge in [0.2, 0.25) is 5.91 Å². The number of primary amides is 1. The monoisotopic (exact) mass is 548 g/mol. The lowest BCUT2D eigenvalue weighted by atomic mass is 9.80. The molecule has 1 saturated heterocycles. The molecule has 4 aromatic rings. The fraction of sp³-hybridized carbons (Fsp3) is 0.241. The Morgan fingerprint density at radius 3 is 2.77 bits per heavy atom. The van der Waals surface area contributed by atoms with Crippen LogP contribution in [0.3, 0.4) is 0 Å². The Balaban J connectivity index is 1.48. The van der Waals surface area contributed by atoms with Crippen LogP contribution in [0, 0.1) is 11.6 Å². The van der Waals surface area contributed by atoms with Crippen molar-refractivity contribution in [1.29, 1.82) is 0 Å². The molecule has 1 amide bonds. The van der Waals surface area contributed by atoms with Gasteiger partial charge in [-0.1, -0.05) is 41.9 Å². The highest BCUT2D eigenvalue weighted by Gasteiger charge is 2.50. The van der Waals surface area contributed by atoms with Crippen LogP contribution in [0.5, 0.6) is 11.5 Å². The lowest BCUT2D eigenvalue weighted by molar-refractivity contribution is 0.0539. The molecular weight excluding hydrogens is 526 g/mol. The second-order valence-corrected chi connectivity index (χ2v) is 10.4. The van der Waals surface area contributed by atoms with E-state index in [9.17, 15) is 4.79 Å². The van der Waals surface area contributed by atoms with Gasteiger partial charge >= 0.3 is 0 Å². The topological polar surface area (TPSA) is 91.4 Å². The number of benzene rings is 3. The van der Waals surface area contributed by atoms with Gasteiger partial charge in [0.05, 0.1) is 22.3 Å². The number of hydrogen-bond acceptors (Lipinski definition) is 5. The van der Waals surface area contributed by atoms with E-state index in [1.165, 1.54) is 12.1 Å². The molecule has 0 saturated carbocycles. The summed E-state index contributed by atoms with van der Waals surface area (Å²) in [5.41, 5.74) is 6.25. The fourth-order valence-corrected chi connectivity index (χ4v) is 6.46. The quantitative estimate of drug-likeness (QED) is 0.373. The molecule has 3 aromatic carbocycles. The zero-order chi connectivity index (χ0) is 26.9. The molecule has 3 aliphatic heterocycles. The zero-order valence-corrected chi connectivity index (χ0v) is 21.4. The van der Waals surface area contributed by atoms with Crippen LogP contribution < -0.4 is 20.5 Å². The van der Waals surface area contributed by atoms with Gasteiger partial charge in [-0.3, -0.25) is 9.36 Å². The molecule has 39 heavy (non-hydrogen) atoms. The van der Waals surface area contributed by atoms with Crippen molar-refractivity contribution in [2.24, 2.45) is 5.73 Å². The standard InChI is InChI=1S/C29H23ClF2N4O3/c30-25-18(31)12-20-17(13-29(39-20,21-7-4-8-34-21)15-5-2-1-3-6-15)23(25)24-16(28(33)37)11-19-27(26(24)32)38-14-22-35-9-10-36(19)22/h1-3,5-6,9-12,21,34H,4,7-8,13-14H2,(H2,33,37)/t21-,29-/m0/s1. The van der Waals surface area contributed by atoms with Crippen molar-refractivity contribution in [2.45, 2.75) is 37.5 Å². The molecule has 0 spiro atoms. The van der Waals surface area contributed by atoms with E-state index < -0.39 is 23.1 Å². The first kappa shape index (κ1) is 24.1. The average Bonchev–Trinajstić information content (AvgIpc) is 3.70. The van der Waals surface area contributed by atoms with Crippen molar-refractivity contribution in [1.82, 2.24) is 14.9 Å². The molecule has 1 fully saturated rings. The molecule has 3 aliphatic rings. The third-order valence-corrected chi connectivity index (χ3v) is 8.31. The van der Waals surface area contributed by atoms with Gasteiger partial charge in [-0.15, -0.1) is 0 Å². The molecule has 4 heterocycles. The van der Waals surface area contributed by atoms with Gasteiger partial charge in [-0.05, 0) is 31.0 Å². The maximum absolute atomic E-state index is 16.5. The highest BCUT2D eigenvalue weighted by molar-refractivity contribution is 6.34. The fourth-order valence-electron chi connectivity index (χ4n) is 6.19. The van der Waals surface area contributed by atoms with Gasteiger partial charge in [0.1, 0.15) is 18.2 Å². The van der Waals surface area contributed by atoms with E-state index in [0.29, 0.717) is 11.4 Å². The summed E-state index contributed by atoms with van der Waals surface area (Å²) in [6.07, 6.45) is 5.27. The highest BCUT2D eigenvalue weighted by Crippen LogP contribution is 2.53. The molecule has 198 valence electrons. The number of nitrogens with two attached hydrogens (primary N) is 1. The van der Waals surface area contributed by atoms with Crippen LogP contribution in [-0.4, -0.2) is 28.0 Å². The van der Waals surface area contributed by atoms with Gasteiger partial charge in [0, 0.05) is 41.6 Å². The van der Waals surface area contributed by atoms with Gasteiger partial charge < -0.3 is 20.5 Å². The van der Waals surface area contributed by atoms with E-state index in [1.54, 1.807) is 17.0 Å². The van der Waals surface area contributed by atoms with Gasteiger partial charge in [-0.2, -0.15) is 0 Å². The van der Waals surface area contributed by atoms with Crippen LogP contribution in [0.15, 0.2) is 54.9 Å². The highest BCUT2D eigenvalue weighted by atomic mass is 35.5. The van der Waals surface area contributed by atoms with Gasteiger partial charge in [0.15, 0.2) is 23.0 Å². The van der Waals surface area contributed by atoms with E-state index >= 15 is 8.78 Å². The number of nitrogens with zero attached hydrogens (tertiary/aromatic N) is 2. The summed E-state index contributed by atoms with van der Waals surface area (Å²) in [6.45, 7) is 0.842. The summed E-state index contributed by atoms with van der Waals surface area (Å²) in [4.78, 5) is 17.0. The summed E-state index contributed by atoms with van der Waals surface area (Å²) in [5, 5.41) is 3.20. The van der Waals surface area contributed by atoms with Crippen molar-refractivity contribution >= 4 is 17.5 Å². The second kappa shape index (κ2) is 8.79. The Kier molecular flexibility index (Phi) is 5.43. The van der Waals surface area contributed by atoms with Gasteiger partial charge in [0.25, 0.3) is 0 Å². The number of fused-ring (bicyclic) bond motifs is 4. The average molecular weight is 549 g/mol. The van der Waals surface area contributed by atoms with Crippen LogP contribution in [-0.2, 0) is 18.6 Å². The van der Waals surface area contributed by atoms with Crippen LogP contribution >= 0.6 is 11.6 Å². The number of halogens is 3. The first-order valence-corrected chi connectivity index (χ1v) is 13.1. The number of rotatable bonds is 4. The molecule has 0 unspecified atom stereocenters. The largest absolute Gasteiger partial charge is 0.480 e. The Hall–Kier alpha value is -3.95. The van der Waals surface area contributed by atoms with Crippen molar-refractivity contribution in [3.05, 3.63) is 94.0 Å². The Morgan fingerprint density at radius 2 is 2.03 bits per heavy atom. The summed E-state index contributed by atoms with van der Waals surface area (Å²) in [6, 6.07) is 12.3. The van der Waals surface area contributed by atoms with Crippen molar-refractivity contribution in [3.8, 4) is 28.3 Å². The molecule has 2 atom stereocenters. The molecule has 10 heteroatoms. The maximum Gasteiger partial charge on any atom is 0.249 e. The molecule has 1 aromatic heterocycles. The number of hydrogen-bond donors (Lipinski definition) is 2. The number of ether oxygens (including phenoxy) is 2. The smallest absolute Gasteiger partial charge is 0.249 e.